The predicted octanol–water partition coefficient (Wildman–Crippen LogP) is 1.89. The van der Waals surface area contributed by atoms with Crippen LogP contribution in [0, 0.1) is 0 Å². The number of hydrogen-bond acceptors (Lipinski definition) is 7. The Kier molecular flexibility index (Phi) is 4.25. The quantitative estimate of drug-likeness (QED) is 0.630. The molecule has 3 N–H and O–H groups in total. The highest BCUT2D eigenvalue weighted by Crippen LogP contribution is 2.60. The van der Waals surface area contributed by atoms with Crippen molar-refractivity contribution < 1.29 is 43.3 Å². The lowest BCUT2D eigenvalue weighted by molar-refractivity contribution is 0.123. The zero-order valence-corrected chi connectivity index (χ0v) is 7.86. The highest BCUT2D eigenvalue weighted by atomic mass is 32.7. The van der Waals surface area contributed by atoms with E-state index in [1.54, 1.807) is 0 Å². The minimum atomic E-state index is -4.77. The molecule has 0 heterocycles. The molecule has 0 aliphatic carbocycles. The normalized spacial score (nSPS) is 10.3. The van der Waals surface area contributed by atoms with Crippen LogP contribution >= 0.6 is 18.2 Å². The van der Waals surface area contributed by atoms with Gasteiger partial charge in [0.25, 0.3) is 0 Å². The van der Waals surface area contributed by atoms with Crippen molar-refractivity contribution in [2.75, 3.05) is 0 Å². The average molecular weight is 246 g/mol. The van der Waals surface area contributed by atoms with Crippen molar-refractivity contribution in [3.05, 3.63) is 0 Å². The average Bonchev–Trinajstić information content (AvgIpc) is 1.76. The lowest BCUT2D eigenvalue weighted by Crippen LogP contribution is -2.04. The fourth-order valence-electron chi connectivity index (χ4n) is 0.343. The van der Waals surface area contributed by atoms with Gasteiger partial charge in [0.2, 0.25) is 0 Å². The van der Waals surface area contributed by atoms with Crippen LogP contribution in [-0.2, 0) is 13.6 Å². The fraction of sp³-hybridized carbons (Fsp3) is 0. The van der Waals surface area contributed by atoms with Gasteiger partial charge in [-0.15, -0.1) is 0 Å². The molecule has 0 fully saturated rings. The molecule has 0 aromatic rings. The Morgan fingerprint density at radius 3 is 1.57 bits per heavy atom. The van der Waals surface area contributed by atoms with Crippen molar-refractivity contribution in [1.29, 1.82) is 0 Å². The van der Waals surface area contributed by atoms with Gasteiger partial charge in [-0.3, -0.25) is 0 Å². The van der Waals surface area contributed by atoms with Gasteiger partial charge in [-0.05, 0) is 0 Å². The maximum absolute atomic E-state index is 11.0. The van der Waals surface area contributed by atoms with Crippen molar-refractivity contribution in [2.24, 2.45) is 0 Å². The Balaban J connectivity index is 4.66. The van der Waals surface area contributed by atoms with Crippen LogP contribution in [0.4, 0.5) is 14.4 Å². The third-order valence-electron chi connectivity index (χ3n) is 0.570. The van der Waals surface area contributed by atoms with Crippen LogP contribution < -0.4 is 0 Å². The van der Waals surface area contributed by atoms with E-state index in [-0.39, 0.29) is 0 Å². The molecule has 0 aliphatic heterocycles. The molecular formula is C3H3O9PS. The maximum atomic E-state index is 11.0. The summed E-state index contributed by atoms with van der Waals surface area (Å²) < 4.78 is 18.0. The highest BCUT2D eigenvalue weighted by molar-refractivity contribution is 8.62. The van der Waals surface area contributed by atoms with Gasteiger partial charge in [0.1, 0.15) is 11.4 Å². The minimum absolute atomic E-state index is 0.575. The Bertz CT molecular complexity index is 262. The summed E-state index contributed by atoms with van der Waals surface area (Å²) in [4.78, 5) is 29.8. The molecule has 0 spiro atoms. The van der Waals surface area contributed by atoms with Gasteiger partial charge in [0.05, 0.1) is 0 Å². The topological polar surface area (TPSA) is 147 Å². The molecule has 0 saturated heterocycles. The maximum Gasteiger partial charge on any atom is 0.513 e. The van der Waals surface area contributed by atoms with E-state index in [0.717, 1.165) is 0 Å². The largest absolute Gasteiger partial charge is 0.513 e. The first kappa shape index (κ1) is 12.6. The van der Waals surface area contributed by atoms with E-state index in [9.17, 15) is 18.9 Å². The molecule has 14 heavy (non-hydrogen) atoms. The minimum Gasteiger partial charge on any atom is -0.473 e. The second-order valence-electron chi connectivity index (χ2n) is 1.52. The van der Waals surface area contributed by atoms with E-state index in [0.29, 0.717) is 0 Å². The van der Waals surface area contributed by atoms with Crippen LogP contribution in [0.3, 0.4) is 0 Å². The van der Waals surface area contributed by atoms with E-state index in [4.69, 9.17) is 15.3 Å². The molecule has 0 unspecified atom stereocenters. The third kappa shape index (κ3) is 5.27. The lowest BCUT2D eigenvalue weighted by atomic mass is 11.5. The van der Waals surface area contributed by atoms with Gasteiger partial charge in [0.15, 0.2) is 0 Å². The molecule has 11 heteroatoms. The van der Waals surface area contributed by atoms with Gasteiger partial charge >= 0.3 is 24.4 Å². The van der Waals surface area contributed by atoms with Crippen LogP contribution in [0.1, 0.15) is 0 Å². The number of carbonyl (C=O) groups is 3. The number of hydrogen-bond donors (Lipinski definition) is 3. The monoisotopic (exact) mass is 246 g/mol. The van der Waals surface area contributed by atoms with Crippen molar-refractivity contribution in [2.45, 2.75) is 0 Å². The summed E-state index contributed by atoms with van der Waals surface area (Å²) in [5.41, 5.74) is 0. The van der Waals surface area contributed by atoms with Gasteiger partial charge in [-0.1, -0.05) is 0 Å². The summed E-state index contributed by atoms with van der Waals surface area (Å²) in [6, 6.07) is 0. The van der Waals surface area contributed by atoms with Crippen molar-refractivity contribution in [3.63, 3.8) is 0 Å². The zero-order chi connectivity index (χ0) is 11.4. The summed E-state index contributed by atoms with van der Waals surface area (Å²) in [5.74, 6) is 0. The van der Waals surface area contributed by atoms with Crippen molar-refractivity contribution in [1.82, 2.24) is 0 Å². The number of rotatable bonds is 3. The lowest BCUT2D eigenvalue weighted by Gasteiger charge is -2.09. The molecule has 0 bridgehead atoms. The van der Waals surface area contributed by atoms with Crippen LogP contribution in [0.25, 0.3) is 0 Å². The second kappa shape index (κ2) is 4.72. The van der Waals surface area contributed by atoms with Crippen LogP contribution in [0.2, 0.25) is 0 Å². The summed E-state index contributed by atoms with van der Waals surface area (Å²) >= 11 is -0.575. The molecule has 0 atom stereocenters. The molecule has 80 valence electrons. The zero-order valence-electron chi connectivity index (χ0n) is 6.15. The van der Waals surface area contributed by atoms with Crippen molar-refractivity contribution >= 4 is 35.8 Å². The van der Waals surface area contributed by atoms with Crippen LogP contribution in [-0.4, -0.2) is 32.9 Å². The van der Waals surface area contributed by atoms with Crippen LogP contribution in [0.5, 0.6) is 0 Å². The third-order valence-corrected chi connectivity index (χ3v) is 3.30. The molecule has 0 amide bonds. The fourth-order valence-corrected chi connectivity index (χ4v) is 2.21. The van der Waals surface area contributed by atoms with Gasteiger partial charge < -0.3 is 24.4 Å². The Morgan fingerprint density at radius 1 is 1.00 bits per heavy atom. The summed E-state index contributed by atoms with van der Waals surface area (Å²) in [6.07, 6.45) is -4.22. The van der Waals surface area contributed by atoms with E-state index in [1.807, 2.05) is 0 Å². The first-order valence-electron chi connectivity index (χ1n) is 2.63. The van der Waals surface area contributed by atoms with Gasteiger partial charge in [0, 0.05) is 0 Å². The number of carboxylic acid groups (broad SMARTS) is 3. The second-order valence-corrected chi connectivity index (χ2v) is 5.20. The van der Waals surface area contributed by atoms with Crippen LogP contribution in [0.15, 0.2) is 0 Å². The molecule has 0 aliphatic rings. The molecule has 0 radical (unpaired) electrons. The summed E-state index contributed by atoms with van der Waals surface area (Å²) in [5, 5.41) is 22.3. The van der Waals surface area contributed by atoms with E-state index in [2.05, 4.69) is 9.05 Å². The highest BCUT2D eigenvalue weighted by Gasteiger charge is 2.38. The SMILES string of the molecule is O=C(O)OP(=O)(OC(=O)O)SC(=O)O. The first-order valence-corrected chi connectivity index (χ1v) is 5.59. The molecule has 0 saturated carbocycles. The standard InChI is InChI=1S/C3H3O9PS/c4-1(5)11-13(10,12-2(6)7)14-3(8)9/h(H,4,5)(H,6,7)(H,8,9). The van der Waals surface area contributed by atoms with Gasteiger partial charge in [-0.2, -0.15) is 0 Å². The summed E-state index contributed by atoms with van der Waals surface area (Å²) in [6.45, 7) is -4.77. The molecule has 0 aromatic heterocycles. The summed E-state index contributed by atoms with van der Waals surface area (Å²) in [7, 11) is 0. The molecule has 9 nitrogen and oxygen atoms in total. The van der Waals surface area contributed by atoms with E-state index < -0.39 is 35.8 Å². The molecule has 0 rings (SSSR count). The Hall–Kier alpha value is -1.41. The molecule has 0 aromatic carbocycles. The molecular weight excluding hydrogens is 243 g/mol. The first-order chi connectivity index (χ1) is 6.25. The van der Waals surface area contributed by atoms with Gasteiger partial charge in [-0.25, -0.2) is 18.9 Å². The Labute approximate surface area is 79.9 Å². The smallest absolute Gasteiger partial charge is 0.473 e. The predicted molar refractivity (Wildman–Crippen MR) is 41.4 cm³/mol. The van der Waals surface area contributed by atoms with E-state index >= 15 is 0 Å². The van der Waals surface area contributed by atoms with E-state index in [1.165, 1.54) is 0 Å². The van der Waals surface area contributed by atoms with Crippen molar-refractivity contribution in [3.8, 4) is 0 Å². The Morgan fingerprint density at radius 2 is 1.36 bits per heavy atom.